The summed E-state index contributed by atoms with van der Waals surface area (Å²) in [5, 5.41) is 16.3. The molecule has 0 aliphatic carbocycles. The molecule has 0 bridgehead atoms. The third-order valence-electron chi connectivity index (χ3n) is 6.26. The molecule has 5 rings (SSSR count). The van der Waals surface area contributed by atoms with Crippen LogP contribution in [0.4, 0.5) is 0 Å². The summed E-state index contributed by atoms with van der Waals surface area (Å²) < 4.78 is 2.00. The van der Waals surface area contributed by atoms with Gasteiger partial charge in [0.25, 0.3) is 5.91 Å². The Kier molecular flexibility index (Phi) is 9.54. The van der Waals surface area contributed by atoms with E-state index in [4.69, 9.17) is 23.2 Å². The van der Waals surface area contributed by atoms with Gasteiger partial charge in [-0.15, -0.1) is 21.5 Å². The van der Waals surface area contributed by atoms with Crippen LogP contribution in [0.25, 0.3) is 5.69 Å². The van der Waals surface area contributed by atoms with Crippen molar-refractivity contribution in [3.63, 3.8) is 0 Å². The molecule has 0 radical (unpaired) electrons. The molecule has 0 saturated heterocycles. The highest BCUT2D eigenvalue weighted by Crippen LogP contribution is 2.30. The summed E-state index contributed by atoms with van der Waals surface area (Å²) >= 11 is 15.5. The summed E-state index contributed by atoms with van der Waals surface area (Å²) in [4.78, 5) is 17.4. The first-order chi connectivity index (χ1) is 19.5. The van der Waals surface area contributed by atoms with Crippen molar-refractivity contribution >= 4 is 52.2 Å². The highest BCUT2D eigenvalue weighted by molar-refractivity contribution is 7.98. The van der Waals surface area contributed by atoms with Crippen LogP contribution in [0, 0.1) is 0 Å². The average molecular weight is 609 g/mol. The van der Waals surface area contributed by atoms with Gasteiger partial charge in [0.2, 0.25) is 0 Å². The number of amides is 1. The van der Waals surface area contributed by atoms with E-state index in [0.29, 0.717) is 33.1 Å². The molecule has 204 valence electrons. The van der Waals surface area contributed by atoms with Gasteiger partial charge < -0.3 is 5.32 Å². The van der Waals surface area contributed by atoms with Gasteiger partial charge in [-0.1, -0.05) is 95.6 Å². The number of nitrogens with zero attached hydrogens (tertiary/aromatic N) is 4. The highest BCUT2D eigenvalue weighted by atomic mass is 35.5. The van der Waals surface area contributed by atoms with E-state index in [2.05, 4.69) is 44.8 Å². The predicted octanol–water partition coefficient (Wildman–Crippen LogP) is 7.66. The lowest BCUT2D eigenvalue weighted by Gasteiger charge is -2.13. The van der Waals surface area contributed by atoms with Gasteiger partial charge in [-0.25, -0.2) is 4.98 Å². The van der Waals surface area contributed by atoms with Crippen LogP contribution in [0.15, 0.2) is 89.4 Å². The second kappa shape index (κ2) is 13.5. The molecule has 0 fully saturated rings. The Morgan fingerprint density at radius 1 is 0.975 bits per heavy atom. The quantitative estimate of drug-likeness (QED) is 0.156. The number of hydrogen-bond acceptors (Lipinski definition) is 6. The van der Waals surface area contributed by atoms with Crippen LogP contribution >= 0.6 is 46.3 Å². The third kappa shape index (κ3) is 7.31. The van der Waals surface area contributed by atoms with Crippen LogP contribution in [-0.2, 0) is 18.6 Å². The summed E-state index contributed by atoms with van der Waals surface area (Å²) in [5.41, 5.74) is 3.65. The highest BCUT2D eigenvalue weighted by Gasteiger charge is 2.18. The number of hydrogen-bond donors (Lipinski definition) is 1. The van der Waals surface area contributed by atoms with Gasteiger partial charge in [0, 0.05) is 17.8 Å². The van der Waals surface area contributed by atoms with Crippen molar-refractivity contribution < 1.29 is 4.79 Å². The second-order valence-corrected chi connectivity index (χ2v) is 12.0. The maximum atomic E-state index is 12.8. The minimum atomic E-state index is -0.155. The monoisotopic (exact) mass is 607 g/mol. The lowest BCUT2D eigenvalue weighted by atomic mass is 10.1. The van der Waals surface area contributed by atoms with Crippen molar-refractivity contribution in [2.24, 2.45) is 0 Å². The number of aryl methyl sites for hydroxylation is 1. The molecule has 2 aromatic heterocycles. The predicted molar refractivity (Wildman–Crippen MR) is 164 cm³/mol. The molecular formula is C30H27Cl2N5OS2. The van der Waals surface area contributed by atoms with E-state index < -0.39 is 0 Å². The third-order valence-corrected chi connectivity index (χ3v) is 8.97. The molecule has 5 aromatic rings. The van der Waals surface area contributed by atoms with Crippen molar-refractivity contribution in [1.82, 2.24) is 25.1 Å². The molecule has 6 nitrogen and oxygen atoms in total. The number of benzene rings is 3. The van der Waals surface area contributed by atoms with Gasteiger partial charge >= 0.3 is 0 Å². The summed E-state index contributed by atoms with van der Waals surface area (Å²) in [6.07, 6.45) is 2.38. The van der Waals surface area contributed by atoms with Gasteiger partial charge in [0.1, 0.15) is 16.5 Å². The first kappa shape index (κ1) is 28.4. The van der Waals surface area contributed by atoms with E-state index in [-0.39, 0.29) is 11.9 Å². The topological polar surface area (TPSA) is 72.7 Å². The lowest BCUT2D eigenvalue weighted by molar-refractivity contribution is 0.0934. The fourth-order valence-electron chi connectivity index (χ4n) is 4.18. The van der Waals surface area contributed by atoms with Crippen LogP contribution in [0.2, 0.25) is 10.0 Å². The van der Waals surface area contributed by atoms with Gasteiger partial charge in [-0.05, 0) is 49.1 Å². The number of rotatable bonds is 11. The van der Waals surface area contributed by atoms with E-state index in [1.165, 1.54) is 28.7 Å². The SMILES string of the molecule is CC(CCc1ccccc1)NC(=O)c1csc(CSc2nnc(Cc3ccccc3)n2-c2ccc(Cl)c(Cl)c2)n1. The molecule has 10 heteroatoms. The number of thioether (sulfide) groups is 1. The van der Waals surface area contributed by atoms with Gasteiger partial charge in [-0.2, -0.15) is 0 Å². The molecule has 40 heavy (non-hydrogen) atoms. The van der Waals surface area contributed by atoms with Crippen molar-refractivity contribution in [1.29, 1.82) is 0 Å². The Morgan fingerprint density at radius 2 is 1.70 bits per heavy atom. The van der Waals surface area contributed by atoms with E-state index in [9.17, 15) is 4.79 Å². The fraction of sp³-hybridized carbons (Fsp3) is 0.200. The maximum Gasteiger partial charge on any atom is 0.270 e. The molecule has 3 aromatic carbocycles. The molecule has 0 aliphatic heterocycles. The standard InChI is InChI=1S/C30H27Cl2N5OS2/c1-20(12-13-21-8-4-2-5-9-21)33-29(38)26-18-39-28(34-26)19-40-30-36-35-27(16-22-10-6-3-7-11-22)37(30)23-14-15-24(31)25(32)17-23/h2-11,14-15,17-18,20H,12-13,16,19H2,1H3,(H,33,38). The van der Waals surface area contributed by atoms with Gasteiger partial charge in [0.05, 0.1) is 21.5 Å². The summed E-state index contributed by atoms with van der Waals surface area (Å²) in [6, 6.07) is 25.9. The molecule has 1 N–H and O–H groups in total. The molecule has 1 atom stereocenters. The Labute approximate surface area is 251 Å². The van der Waals surface area contributed by atoms with Crippen LogP contribution < -0.4 is 5.32 Å². The Bertz CT molecular complexity index is 1570. The normalized spacial score (nSPS) is 11.9. The van der Waals surface area contributed by atoms with Crippen LogP contribution in [0.1, 0.15) is 45.8 Å². The largest absolute Gasteiger partial charge is 0.348 e. The minimum absolute atomic E-state index is 0.0417. The van der Waals surface area contributed by atoms with E-state index in [0.717, 1.165) is 34.9 Å². The molecule has 2 heterocycles. The maximum absolute atomic E-state index is 12.8. The molecular weight excluding hydrogens is 581 g/mol. The smallest absolute Gasteiger partial charge is 0.270 e. The van der Waals surface area contributed by atoms with Crippen LogP contribution in [0.3, 0.4) is 0 Å². The summed E-state index contributed by atoms with van der Waals surface area (Å²) in [6.45, 7) is 2.02. The molecule has 1 amide bonds. The van der Waals surface area contributed by atoms with Gasteiger partial charge in [-0.3, -0.25) is 9.36 Å². The van der Waals surface area contributed by atoms with E-state index >= 15 is 0 Å². The van der Waals surface area contributed by atoms with Gasteiger partial charge in [0.15, 0.2) is 5.16 Å². The number of carbonyl (C=O) groups excluding carboxylic acids is 1. The van der Waals surface area contributed by atoms with Crippen molar-refractivity contribution in [3.05, 3.63) is 122 Å². The first-order valence-corrected chi connectivity index (χ1v) is 15.4. The second-order valence-electron chi connectivity index (χ2n) is 9.31. The summed E-state index contributed by atoms with van der Waals surface area (Å²) in [5.74, 6) is 1.18. The molecule has 0 saturated carbocycles. The van der Waals surface area contributed by atoms with Crippen molar-refractivity contribution in [2.45, 2.75) is 43.1 Å². The van der Waals surface area contributed by atoms with Crippen molar-refractivity contribution in [2.75, 3.05) is 0 Å². The zero-order valence-electron chi connectivity index (χ0n) is 21.8. The zero-order valence-corrected chi connectivity index (χ0v) is 24.9. The number of nitrogens with one attached hydrogen (secondary N) is 1. The average Bonchev–Trinajstić information content (AvgIpc) is 3.61. The Morgan fingerprint density at radius 3 is 2.42 bits per heavy atom. The number of thiazole rings is 1. The lowest BCUT2D eigenvalue weighted by Crippen LogP contribution is -2.33. The van der Waals surface area contributed by atoms with E-state index in [1.54, 1.807) is 11.4 Å². The first-order valence-electron chi connectivity index (χ1n) is 12.8. The number of aromatic nitrogens is 4. The van der Waals surface area contributed by atoms with Crippen LogP contribution in [-0.4, -0.2) is 31.7 Å². The molecule has 0 aliphatic rings. The Hall–Kier alpha value is -3.17. The zero-order chi connectivity index (χ0) is 27.9. The van der Waals surface area contributed by atoms with E-state index in [1.807, 2.05) is 60.0 Å². The molecule has 1 unspecified atom stereocenters. The van der Waals surface area contributed by atoms with Crippen LogP contribution in [0.5, 0.6) is 0 Å². The van der Waals surface area contributed by atoms with Crippen molar-refractivity contribution in [3.8, 4) is 5.69 Å². The Balaban J connectivity index is 1.26. The number of halogens is 2. The summed E-state index contributed by atoms with van der Waals surface area (Å²) in [7, 11) is 0. The fourth-order valence-corrected chi connectivity index (χ4v) is 6.23. The minimum Gasteiger partial charge on any atom is -0.348 e. The number of carbonyl (C=O) groups is 1. The molecule has 0 spiro atoms.